The van der Waals surface area contributed by atoms with Crippen molar-refractivity contribution in [3.8, 4) is 0 Å². The normalized spacial score (nSPS) is 13.9. The molecule has 5 heteroatoms. The Bertz CT molecular complexity index is 361. The van der Waals surface area contributed by atoms with Crippen LogP contribution in [0, 0.1) is 6.92 Å². The third-order valence-corrected chi connectivity index (χ3v) is 2.70. The minimum Gasteiger partial charge on any atom is -0.388 e. The van der Waals surface area contributed by atoms with Gasteiger partial charge in [-0.3, -0.25) is 4.90 Å². The molecule has 1 aromatic carbocycles. The molecule has 1 unspecified atom stereocenters. The molecule has 2 nitrogen and oxygen atoms in total. The van der Waals surface area contributed by atoms with Crippen LogP contribution in [0.25, 0.3) is 0 Å². The summed E-state index contributed by atoms with van der Waals surface area (Å²) in [6, 6.07) is 7.34. The van der Waals surface area contributed by atoms with Crippen molar-refractivity contribution < 1.29 is 18.3 Å². The average Bonchev–Trinajstić information content (AvgIpc) is 2.24. The van der Waals surface area contributed by atoms with Gasteiger partial charge in [-0.25, -0.2) is 0 Å². The van der Waals surface area contributed by atoms with Gasteiger partial charge in [0.1, 0.15) is 0 Å². The summed E-state index contributed by atoms with van der Waals surface area (Å²) in [4.78, 5) is 1.16. The van der Waals surface area contributed by atoms with Crippen molar-refractivity contribution in [2.24, 2.45) is 0 Å². The number of hydrogen-bond acceptors (Lipinski definition) is 2. The van der Waals surface area contributed by atoms with E-state index in [9.17, 15) is 18.3 Å². The van der Waals surface area contributed by atoms with Gasteiger partial charge in [0.15, 0.2) is 0 Å². The summed E-state index contributed by atoms with van der Waals surface area (Å²) in [5, 5.41) is 9.85. The van der Waals surface area contributed by atoms with E-state index in [-0.39, 0.29) is 13.0 Å². The minimum absolute atomic E-state index is 0.203. The van der Waals surface area contributed by atoms with E-state index in [1.807, 2.05) is 19.1 Å². The molecule has 0 saturated carbocycles. The van der Waals surface area contributed by atoms with Crippen LogP contribution in [0.4, 0.5) is 13.2 Å². The molecule has 18 heavy (non-hydrogen) atoms. The average molecular weight is 261 g/mol. The van der Waals surface area contributed by atoms with Gasteiger partial charge in [0, 0.05) is 6.54 Å². The van der Waals surface area contributed by atoms with E-state index in [4.69, 9.17) is 0 Å². The van der Waals surface area contributed by atoms with E-state index >= 15 is 0 Å². The molecule has 102 valence electrons. The fourth-order valence-corrected chi connectivity index (χ4v) is 1.68. The van der Waals surface area contributed by atoms with Crippen molar-refractivity contribution in [1.82, 2.24) is 4.90 Å². The molecule has 0 radical (unpaired) electrons. The summed E-state index contributed by atoms with van der Waals surface area (Å²) >= 11 is 0. The Morgan fingerprint density at radius 2 is 1.78 bits per heavy atom. The fraction of sp³-hybridized carbons (Fsp3) is 0.538. The highest BCUT2D eigenvalue weighted by molar-refractivity contribution is 5.22. The zero-order valence-corrected chi connectivity index (χ0v) is 10.5. The first-order chi connectivity index (χ1) is 8.28. The van der Waals surface area contributed by atoms with Crippen molar-refractivity contribution >= 4 is 0 Å². The third kappa shape index (κ3) is 5.51. The molecule has 0 aromatic heterocycles. The van der Waals surface area contributed by atoms with Gasteiger partial charge in [0.25, 0.3) is 0 Å². The summed E-state index contributed by atoms with van der Waals surface area (Å²) in [5.41, 5.74) is 1.82. The van der Waals surface area contributed by atoms with E-state index in [1.54, 1.807) is 12.1 Å². The Balaban J connectivity index is 2.41. The van der Waals surface area contributed by atoms with Crippen LogP contribution >= 0.6 is 0 Å². The highest BCUT2D eigenvalue weighted by Crippen LogP contribution is 2.19. The lowest BCUT2D eigenvalue weighted by molar-refractivity contribution is -0.143. The molecule has 0 aliphatic heterocycles. The lowest BCUT2D eigenvalue weighted by atomic mass is 10.0. The molecule has 1 aromatic rings. The largest absolute Gasteiger partial charge is 0.401 e. The van der Waals surface area contributed by atoms with Gasteiger partial charge in [-0.15, -0.1) is 0 Å². The number of rotatable bonds is 5. The number of hydrogen-bond donors (Lipinski definition) is 1. The molecule has 0 amide bonds. The van der Waals surface area contributed by atoms with Crippen LogP contribution in [0.1, 0.15) is 23.7 Å². The number of nitrogens with zero attached hydrogens (tertiary/aromatic N) is 1. The standard InChI is InChI=1S/C13H18F3NO/c1-10-3-5-11(6-4-10)12(18)7-8-17(2)9-13(14,15)16/h3-6,12,18H,7-9H2,1-2H3. The summed E-state index contributed by atoms with van der Waals surface area (Å²) in [6.07, 6.45) is -4.62. The van der Waals surface area contributed by atoms with Crippen LogP contribution in [0.5, 0.6) is 0 Å². The van der Waals surface area contributed by atoms with Gasteiger partial charge < -0.3 is 5.11 Å². The Morgan fingerprint density at radius 1 is 1.22 bits per heavy atom. The number of aliphatic hydroxyl groups is 1. The Hall–Kier alpha value is -1.07. The minimum atomic E-state index is -4.19. The summed E-state index contributed by atoms with van der Waals surface area (Å²) in [7, 11) is 1.40. The highest BCUT2D eigenvalue weighted by Gasteiger charge is 2.29. The molecule has 1 N–H and O–H groups in total. The lowest BCUT2D eigenvalue weighted by Crippen LogP contribution is -2.32. The lowest BCUT2D eigenvalue weighted by Gasteiger charge is -2.20. The molecule has 0 saturated heterocycles. The molecule has 0 aliphatic carbocycles. The van der Waals surface area contributed by atoms with E-state index in [2.05, 4.69) is 0 Å². The van der Waals surface area contributed by atoms with E-state index in [0.717, 1.165) is 16.0 Å². The molecule has 0 aliphatic rings. The zero-order chi connectivity index (χ0) is 13.8. The first-order valence-electron chi connectivity index (χ1n) is 5.78. The van der Waals surface area contributed by atoms with Crippen LogP contribution < -0.4 is 0 Å². The quantitative estimate of drug-likeness (QED) is 0.881. The maximum atomic E-state index is 12.1. The molecule has 1 rings (SSSR count). The van der Waals surface area contributed by atoms with Crippen LogP contribution in [0.15, 0.2) is 24.3 Å². The first kappa shape index (κ1) is 15.0. The third-order valence-electron chi connectivity index (χ3n) is 2.70. The van der Waals surface area contributed by atoms with Gasteiger partial charge in [0.05, 0.1) is 12.6 Å². The van der Waals surface area contributed by atoms with Gasteiger partial charge >= 0.3 is 6.18 Å². The maximum Gasteiger partial charge on any atom is 0.401 e. The SMILES string of the molecule is Cc1ccc(C(O)CCN(C)CC(F)(F)F)cc1. The van der Waals surface area contributed by atoms with Crippen LogP contribution in [-0.4, -0.2) is 36.3 Å². The van der Waals surface area contributed by atoms with Crippen molar-refractivity contribution in [3.63, 3.8) is 0 Å². The maximum absolute atomic E-state index is 12.1. The van der Waals surface area contributed by atoms with Gasteiger partial charge in [-0.1, -0.05) is 29.8 Å². The summed E-state index contributed by atoms with van der Waals surface area (Å²) in [5.74, 6) is 0. The number of aryl methyl sites for hydroxylation is 1. The number of aliphatic hydroxyl groups excluding tert-OH is 1. The first-order valence-corrected chi connectivity index (χ1v) is 5.78. The molecule has 1 atom stereocenters. The van der Waals surface area contributed by atoms with Crippen LogP contribution in [0.3, 0.4) is 0 Å². The molecule has 0 heterocycles. The molecule has 0 spiro atoms. The second-order valence-electron chi connectivity index (χ2n) is 4.57. The van der Waals surface area contributed by atoms with E-state index in [1.165, 1.54) is 7.05 Å². The van der Waals surface area contributed by atoms with E-state index < -0.39 is 18.8 Å². The molecular formula is C13H18F3NO. The van der Waals surface area contributed by atoms with Crippen molar-refractivity contribution in [2.75, 3.05) is 20.1 Å². The highest BCUT2D eigenvalue weighted by atomic mass is 19.4. The van der Waals surface area contributed by atoms with Crippen LogP contribution in [0.2, 0.25) is 0 Å². The topological polar surface area (TPSA) is 23.5 Å². The number of halogens is 3. The Morgan fingerprint density at radius 3 is 2.28 bits per heavy atom. The van der Waals surface area contributed by atoms with Crippen molar-refractivity contribution in [1.29, 1.82) is 0 Å². The van der Waals surface area contributed by atoms with E-state index in [0.29, 0.717) is 0 Å². The smallest absolute Gasteiger partial charge is 0.388 e. The predicted octanol–water partition coefficient (Wildman–Crippen LogP) is 2.91. The summed E-state index contributed by atoms with van der Waals surface area (Å²) < 4.78 is 36.3. The zero-order valence-electron chi connectivity index (χ0n) is 10.5. The van der Waals surface area contributed by atoms with Crippen molar-refractivity contribution in [3.05, 3.63) is 35.4 Å². The van der Waals surface area contributed by atoms with Crippen molar-refractivity contribution in [2.45, 2.75) is 25.6 Å². The second-order valence-corrected chi connectivity index (χ2v) is 4.57. The molecular weight excluding hydrogens is 243 g/mol. The second kappa shape index (κ2) is 6.20. The number of alkyl halides is 3. The molecule has 0 bridgehead atoms. The van der Waals surface area contributed by atoms with Gasteiger partial charge in [-0.2, -0.15) is 13.2 Å². The Labute approximate surface area is 105 Å². The molecule has 0 fully saturated rings. The summed E-state index contributed by atoms with van der Waals surface area (Å²) in [6.45, 7) is 1.19. The fourth-order valence-electron chi connectivity index (χ4n) is 1.68. The van der Waals surface area contributed by atoms with Gasteiger partial charge in [0.2, 0.25) is 0 Å². The monoisotopic (exact) mass is 261 g/mol. The van der Waals surface area contributed by atoms with Crippen LogP contribution in [-0.2, 0) is 0 Å². The Kier molecular flexibility index (Phi) is 5.16. The van der Waals surface area contributed by atoms with Gasteiger partial charge in [-0.05, 0) is 26.0 Å². The predicted molar refractivity (Wildman–Crippen MR) is 64.3 cm³/mol. The number of benzene rings is 1.